The topological polar surface area (TPSA) is 26.2 Å². The Labute approximate surface area is 334 Å². The second-order valence-corrected chi connectivity index (χ2v) is 15.0. The first-order valence-corrected chi connectivity index (χ1v) is 19.8. The zero-order valence-corrected chi connectivity index (χ0v) is 31.5. The van der Waals surface area contributed by atoms with E-state index in [9.17, 15) is 0 Å². The minimum Gasteiger partial charge on any atom is -0.456 e. The van der Waals surface area contributed by atoms with E-state index in [0.29, 0.717) is 0 Å². The van der Waals surface area contributed by atoms with Crippen LogP contribution in [0, 0.1) is 0 Å². The Balaban J connectivity index is 1.02. The normalized spacial score (nSPS) is 11.8. The highest BCUT2D eigenvalue weighted by atomic mass is 16.3. The highest BCUT2D eigenvalue weighted by Gasteiger charge is 2.20. The molecule has 3 aromatic heterocycles. The third-order valence-electron chi connectivity index (χ3n) is 11.7. The maximum absolute atomic E-state index is 6.44. The average molecular weight is 742 g/mol. The van der Waals surface area contributed by atoms with E-state index in [1.165, 1.54) is 43.7 Å². The van der Waals surface area contributed by atoms with Gasteiger partial charge in [0.05, 0.1) is 22.1 Å². The monoisotopic (exact) mass is 741 g/mol. The van der Waals surface area contributed by atoms with Crippen LogP contribution in [-0.4, -0.2) is 9.13 Å². The highest BCUT2D eigenvalue weighted by molar-refractivity contribution is 6.12. The number of furan rings is 1. The second-order valence-electron chi connectivity index (χ2n) is 15.0. The molecule has 0 fully saturated rings. The summed E-state index contributed by atoms with van der Waals surface area (Å²) < 4.78 is 11.2. The van der Waals surface area contributed by atoms with Crippen LogP contribution in [0.2, 0.25) is 0 Å². The first-order valence-electron chi connectivity index (χ1n) is 19.8. The summed E-state index contributed by atoms with van der Waals surface area (Å²) in [7, 11) is 0. The van der Waals surface area contributed by atoms with Gasteiger partial charge in [-0.3, -0.25) is 0 Å². The summed E-state index contributed by atoms with van der Waals surface area (Å²) in [6, 6.07) is 76.2. The van der Waals surface area contributed by atoms with E-state index in [-0.39, 0.29) is 0 Å². The molecule has 0 amide bonds. The predicted octanol–water partition coefficient (Wildman–Crippen LogP) is 14.9. The molecule has 0 radical (unpaired) electrons. The Bertz CT molecular complexity index is 3500. The van der Waals surface area contributed by atoms with Crippen LogP contribution < -0.4 is 4.90 Å². The molecule has 272 valence electrons. The minimum atomic E-state index is 0.864. The maximum Gasteiger partial charge on any atom is 0.137 e. The molecule has 0 saturated carbocycles. The summed E-state index contributed by atoms with van der Waals surface area (Å²) >= 11 is 0. The van der Waals surface area contributed by atoms with Crippen LogP contribution in [0.3, 0.4) is 0 Å². The van der Waals surface area contributed by atoms with Crippen LogP contribution in [0.15, 0.2) is 217 Å². The molecule has 0 saturated heterocycles. The van der Waals surface area contributed by atoms with Gasteiger partial charge in [-0.05, 0) is 102 Å². The van der Waals surface area contributed by atoms with Crippen LogP contribution in [0.25, 0.3) is 88.1 Å². The summed E-state index contributed by atoms with van der Waals surface area (Å²) in [5, 5.41) is 7.17. The molecular weight excluding hydrogens is 707 g/mol. The Morgan fingerprint density at radius 1 is 0.293 bits per heavy atom. The number of aromatic nitrogens is 2. The van der Waals surface area contributed by atoms with Crippen LogP contribution >= 0.6 is 0 Å². The standard InChI is InChI=1S/C54H35N3O/c1-3-13-38(14-4-1)56-50-21-11-8-18-44(50)48-33-37(25-32-51(48)56)36-23-26-40(27-24-36)55(42-29-31-47-46-19-9-12-22-53(46)58-54(47)35-42)41-28-30-45-43-17-7-10-20-49(43)57(52(45)34-41)39-15-5-2-6-16-39/h1-35H. The fourth-order valence-corrected chi connectivity index (χ4v) is 9.06. The third-order valence-corrected chi connectivity index (χ3v) is 11.7. The van der Waals surface area contributed by atoms with Gasteiger partial charge in [-0.2, -0.15) is 0 Å². The van der Waals surface area contributed by atoms with Crippen molar-refractivity contribution in [2.75, 3.05) is 4.90 Å². The molecule has 0 aliphatic heterocycles. The first-order chi connectivity index (χ1) is 28.8. The van der Waals surface area contributed by atoms with Crippen molar-refractivity contribution in [3.8, 4) is 22.5 Å². The van der Waals surface area contributed by atoms with E-state index in [2.05, 4.69) is 214 Å². The van der Waals surface area contributed by atoms with Crippen molar-refractivity contribution in [2.45, 2.75) is 0 Å². The van der Waals surface area contributed by atoms with E-state index in [0.717, 1.165) is 61.5 Å². The lowest BCUT2D eigenvalue weighted by molar-refractivity contribution is 0.669. The van der Waals surface area contributed by atoms with Gasteiger partial charge >= 0.3 is 0 Å². The van der Waals surface area contributed by atoms with Gasteiger partial charge < -0.3 is 18.5 Å². The molecule has 0 bridgehead atoms. The van der Waals surface area contributed by atoms with Crippen molar-refractivity contribution >= 4 is 82.6 Å². The molecule has 4 nitrogen and oxygen atoms in total. The molecular formula is C54H35N3O. The lowest BCUT2D eigenvalue weighted by Crippen LogP contribution is -2.10. The summed E-state index contributed by atoms with van der Waals surface area (Å²) in [6.07, 6.45) is 0. The van der Waals surface area contributed by atoms with Crippen molar-refractivity contribution < 1.29 is 4.42 Å². The van der Waals surface area contributed by atoms with Gasteiger partial charge in [0.25, 0.3) is 0 Å². The van der Waals surface area contributed by atoms with Crippen LogP contribution in [-0.2, 0) is 0 Å². The number of benzene rings is 9. The predicted molar refractivity (Wildman–Crippen MR) is 243 cm³/mol. The Morgan fingerprint density at radius 3 is 1.48 bits per heavy atom. The quantitative estimate of drug-likeness (QED) is 0.170. The van der Waals surface area contributed by atoms with Crippen LogP contribution in [0.1, 0.15) is 0 Å². The van der Waals surface area contributed by atoms with Crippen molar-refractivity contribution in [1.82, 2.24) is 9.13 Å². The maximum atomic E-state index is 6.44. The van der Waals surface area contributed by atoms with Crippen molar-refractivity contribution in [3.05, 3.63) is 212 Å². The number of hydrogen-bond acceptors (Lipinski definition) is 2. The van der Waals surface area contributed by atoms with Gasteiger partial charge in [0.1, 0.15) is 11.2 Å². The van der Waals surface area contributed by atoms with Crippen molar-refractivity contribution in [3.63, 3.8) is 0 Å². The molecule has 0 atom stereocenters. The summed E-state index contributed by atoms with van der Waals surface area (Å²) in [5.74, 6) is 0. The van der Waals surface area contributed by atoms with Gasteiger partial charge in [-0.25, -0.2) is 0 Å². The van der Waals surface area contributed by atoms with E-state index in [1.54, 1.807) is 0 Å². The Morgan fingerprint density at radius 2 is 0.776 bits per heavy atom. The van der Waals surface area contributed by atoms with Gasteiger partial charge in [-0.15, -0.1) is 0 Å². The molecule has 58 heavy (non-hydrogen) atoms. The largest absolute Gasteiger partial charge is 0.456 e. The number of anilines is 3. The van der Waals surface area contributed by atoms with E-state index in [1.807, 2.05) is 12.1 Å². The average Bonchev–Trinajstić information content (AvgIpc) is 3.94. The molecule has 0 N–H and O–H groups in total. The molecule has 4 heteroatoms. The number of para-hydroxylation sites is 5. The van der Waals surface area contributed by atoms with Gasteiger partial charge in [0.2, 0.25) is 0 Å². The Kier molecular flexibility index (Phi) is 7.20. The summed E-state index contributed by atoms with van der Waals surface area (Å²) in [4.78, 5) is 2.35. The molecule has 9 aromatic carbocycles. The molecule has 3 heterocycles. The number of rotatable bonds is 6. The number of hydrogen-bond donors (Lipinski definition) is 0. The van der Waals surface area contributed by atoms with Crippen LogP contribution in [0.5, 0.6) is 0 Å². The fraction of sp³-hybridized carbons (Fsp3) is 0. The van der Waals surface area contributed by atoms with E-state index >= 15 is 0 Å². The molecule has 0 aliphatic rings. The minimum absolute atomic E-state index is 0.864. The summed E-state index contributed by atoms with van der Waals surface area (Å²) in [6.45, 7) is 0. The zero-order chi connectivity index (χ0) is 38.2. The van der Waals surface area contributed by atoms with Gasteiger partial charge in [0, 0.05) is 66.8 Å². The molecule has 12 aromatic rings. The van der Waals surface area contributed by atoms with E-state index in [4.69, 9.17) is 4.42 Å². The molecule has 0 unspecified atom stereocenters. The zero-order valence-electron chi connectivity index (χ0n) is 31.5. The highest BCUT2D eigenvalue weighted by Crippen LogP contribution is 2.42. The van der Waals surface area contributed by atoms with Crippen molar-refractivity contribution in [1.29, 1.82) is 0 Å². The molecule has 12 rings (SSSR count). The van der Waals surface area contributed by atoms with Gasteiger partial charge in [0.15, 0.2) is 0 Å². The van der Waals surface area contributed by atoms with Gasteiger partial charge in [-0.1, -0.05) is 115 Å². The first kappa shape index (κ1) is 32.4. The SMILES string of the molecule is c1ccc(-n2c3ccccc3c3cc(-c4ccc(N(c5ccc6c(c5)oc5ccccc56)c5ccc6c7ccccc7n(-c7ccccc7)c6c5)cc4)ccc32)cc1. The second kappa shape index (κ2) is 12.9. The fourth-order valence-electron chi connectivity index (χ4n) is 9.06. The molecule has 0 spiro atoms. The number of fused-ring (bicyclic) bond motifs is 9. The van der Waals surface area contributed by atoms with Crippen LogP contribution in [0.4, 0.5) is 17.1 Å². The lowest BCUT2D eigenvalue weighted by atomic mass is 10.0. The number of nitrogens with zero attached hydrogens (tertiary/aromatic N) is 3. The Hall–Kier alpha value is -7.82. The molecule has 0 aliphatic carbocycles. The lowest BCUT2D eigenvalue weighted by Gasteiger charge is -2.26. The summed E-state index contributed by atoms with van der Waals surface area (Å²) in [5.41, 5.74) is 14.3. The smallest absolute Gasteiger partial charge is 0.137 e. The van der Waals surface area contributed by atoms with Crippen molar-refractivity contribution in [2.24, 2.45) is 0 Å². The third kappa shape index (κ3) is 5.02. The van der Waals surface area contributed by atoms with E-state index < -0.39 is 0 Å².